The highest BCUT2D eigenvalue weighted by atomic mass is 32.1. The average molecular weight is 455 g/mol. The Hall–Kier alpha value is -2.32. The lowest BCUT2D eigenvalue weighted by molar-refractivity contribution is -0.143. The molecule has 0 atom stereocenters. The summed E-state index contributed by atoms with van der Waals surface area (Å²) in [5, 5.41) is 0.269. The van der Waals surface area contributed by atoms with Gasteiger partial charge in [-0.05, 0) is 54.5 Å². The van der Waals surface area contributed by atoms with E-state index in [1.54, 1.807) is 30.1 Å². The number of hydrogen-bond donors (Lipinski definition) is 0. The van der Waals surface area contributed by atoms with Crippen LogP contribution in [0.15, 0.2) is 48.5 Å². The molecular formula is C23H29F3N2O2S. The SMILES string of the molecule is CN(CCOc1cccc(N(C)C(=S)Oc2ccc(C(C)(C)C)cc2)c1)CC(F)(F)F. The highest BCUT2D eigenvalue weighted by molar-refractivity contribution is 7.80. The van der Waals surface area contributed by atoms with Crippen molar-refractivity contribution in [2.75, 3.05) is 38.7 Å². The van der Waals surface area contributed by atoms with Crippen LogP contribution in [-0.2, 0) is 5.41 Å². The van der Waals surface area contributed by atoms with Crippen molar-refractivity contribution < 1.29 is 22.6 Å². The van der Waals surface area contributed by atoms with Crippen molar-refractivity contribution in [3.63, 3.8) is 0 Å². The first-order valence-corrected chi connectivity index (χ1v) is 10.3. The number of likely N-dealkylation sites (N-methyl/N-ethyl adjacent to an activating group) is 1. The Labute approximate surface area is 187 Å². The van der Waals surface area contributed by atoms with Crippen LogP contribution in [0.1, 0.15) is 26.3 Å². The van der Waals surface area contributed by atoms with E-state index in [0.29, 0.717) is 11.5 Å². The number of benzene rings is 2. The van der Waals surface area contributed by atoms with Crippen molar-refractivity contribution in [2.45, 2.75) is 32.4 Å². The number of rotatable bonds is 7. The number of nitrogens with zero attached hydrogens (tertiary/aromatic N) is 2. The average Bonchev–Trinajstić information content (AvgIpc) is 2.66. The largest absolute Gasteiger partial charge is 0.492 e. The van der Waals surface area contributed by atoms with E-state index in [1.807, 2.05) is 30.3 Å². The molecule has 0 unspecified atom stereocenters. The summed E-state index contributed by atoms with van der Waals surface area (Å²) in [4.78, 5) is 2.87. The summed E-state index contributed by atoms with van der Waals surface area (Å²) in [5.41, 5.74) is 2.00. The zero-order chi connectivity index (χ0) is 23.2. The van der Waals surface area contributed by atoms with Crippen LogP contribution >= 0.6 is 12.2 Å². The molecule has 31 heavy (non-hydrogen) atoms. The van der Waals surface area contributed by atoms with Gasteiger partial charge in [0.05, 0.1) is 6.54 Å². The molecule has 2 aromatic rings. The van der Waals surface area contributed by atoms with Gasteiger partial charge in [-0.15, -0.1) is 0 Å². The third kappa shape index (κ3) is 8.38. The second kappa shape index (κ2) is 10.3. The number of hydrogen-bond acceptors (Lipinski definition) is 4. The van der Waals surface area contributed by atoms with Gasteiger partial charge in [-0.2, -0.15) is 13.2 Å². The monoisotopic (exact) mass is 454 g/mol. The van der Waals surface area contributed by atoms with Crippen LogP contribution in [0.4, 0.5) is 18.9 Å². The molecule has 0 aliphatic rings. The molecule has 2 aromatic carbocycles. The third-order valence-electron chi connectivity index (χ3n) is 4.60. The van der Waals surface area contributed by atoms with Gasteiger partial charge in [0.2, 0.25) is 0 Å². The number of ether oxygens (including phenoxy) is 2. The summed E-state index contributed by atoms with van der Waals surface area (Å²) >= 11 is 5.41. The van der Waals surface area contributed by atoms with Gasteiger partial charge in [-0.1, -0.05) is 39.0 Å². The summed E-state index contributed by atoms with van der Waals surface area (Å²) in [7, 11) is 3.19. The minimum Gasteiger partial charge on any atom is -0.492 e. The molecule has 0 saturated heterocycles. The smallest absolute Gasteiger partial charge is 0.401 e. The van der Waals surface area contributed by atoms with Crippen LogP contribution < -0.4 is 14.4 Å². The molecule has 0 heterocycles. The molecule has 4 nitrogen and oxygen atoms in total. The quantitative estimate of drug-likeness (QED) is 0.503. The van der Waals surface area contributed by atoms with Gasteiger partial charge >= 0.3 is 6.18 Å². The maximum atomic E-state index is 12.4. The number of anilines is 1. The summed E-state index contributed by atoms with van der Waals surface area (Å²) in [6, 6.07) is 15.0. The number of halogens is 3. The minimum absolute atomic E-state index is 0.0534. The van der Waals surface area contributed by atoms with Crippen molar-refractivity contribution in [2.24, 2.45) is 0 Å². The topological polar surface area (TPSA) is 24.9 Å². The lowest BCUT2D eigenvalue weighted by Crippen LogP contribution is -2.33. The Balaban J connectivity index is 1.93. The van der Waals surface area contributed by atoms with Crippen LogP contribution in [0.25, 0.3) is 0 Å². The van der Waals surface area contributed by atoms with Gasteiger partial charge in [-0.25, -0.2) is 0 Å². The van der Waals surface area contributed by atoms with E-state index in [-0.39, 0.29) is 23.7 Å². The third-order valence-corrected chi connectivity index (χ3v) is 4.95. The zero-order valence-electron chi connectivity index (χ0n) is 18.5. The van der Waals surface area contributed by atoms with E-state index < -0.39 is 12.7 Å². The molecule has 2 rings (SSSR count). The number of alkyl halides is 3. The van der Waals surface area contributed by atoms with Crippen LogP contribution in [0, 0.1) is 0 Å². The molecule has 0 saturated carbocycles. The molecule has 0 radical (unpaired) electrons. The molecule has 0 bridgehead atoms. The predicted octanol–water partition coefficient (Wildman–Crippen LogP) is 5.66. The molecule has 0 N–H and O–H groups in total. The first kappa shape index (κ1) is 24.9. The first-order valence-electron chi connectivity index (χ1n) is 9.89. The normalized spacial score (nSPS) is 12.0. The fourth-order valence-corrected chi connectivity index (χ4v) is 2.99. The molecular weight excluding hydrogens is 425 g/mol. The molecule has 170 valence electrons. The summed E-state index contributed by atoms with van der Waals surface area (Å²) in [6.07, 6.45) is -4.22. The molecule has 8 heteroatoms. The van der Waals surface area contributed by atoms with E-state index in [2.05, 4.69) is 20.8 Å². The van der Waals surface area contributed by atoms with Gasteiger partial charge in [0, 0.05) is 25.3 Å². The van der Waals surface area contributed by atoms with E-state index in [1.165, 1.54) is 17.5 Å². The molecule has 0 fully saturated rings. The number of thiocarbonyl (C=S) groups is 1. The fraction of sp³-hybridized carbons (Fsp3) is 0.435. The van der Waals surface area contributed by atoms with Crippen molar-refractivity contribution in [3.05, 3.63) is 54.1 Å². The Morgan fingerprint density at radius 3 is 2.19 bits per heavy atom. The van der Waals surface area contributed by atoms with Crippen LogP contribution in [0.2, 0.25) is 0 Å². The fourth-order valence-electron chi connectivity index (χ4n) is 2.78. The summed E-state index contributed by atoms with van der Waals surface area (Å²) in [6.45, 7) is 5.76. The second-order valence-corrected chi connectivity index (χ2v) is 8.75. The van der Waals surface area contributed by atoms with Crippen LogP contribution in [-0.4, -0.2) is 50.0 Å². The van der Waals surface area contributed by atoms with E-state index in [9.17, 15) is 13.2 Å². The van der Waals surface area contributed by atoms with Crippen molar-refractivity contribution in [3.8, 4) is 11.5 Å². The van der Waals surface area contributed by atoms with E-state index in [4.69, 9.17) is 21.7 Å². The van der Waals surface area contributed by atoms with E-state index >= 15 is 0 Å². The maximum absolute atomic E-state index is 12.4. The summed E-state index contributed by atoms with van der Waals surface area (Å²) < 4.78 is 48.6. The highest BCUT2D eigenvalue weighted by Gasteiger charge is 2.28. The minimum atomic E-state index is -4.22. The van der Waals surface area contributed by atoms with Gasteiger partial charge in [0.1, 0.15) is 18.1 Å². The molecule has 0 aliphatic heterocycles. The van der Waals surface area contributed by atoms with Gasteiger partial charge in [-0.3, -0.25) is 4.90 Å². The lowest BCUT2D eigenvalue weighted by Gasteiger charge is -2.22. The standard InChI is InChI=1S/C23H29F3N2O2S/c1-22(2,3)17-9-11-19(12-10-17)30-21(31)28(5)18-7-6-8-20(15-18)29-14-13-27(4)16-23(24,25)26/h6-12,15H,13-14,16H2,1-5H3. The molecule has 0 aromatic heterocycles. The van der Waals surface area contributed by atoms with E-state index in [0.717, 1.165) is 5.69 Å². The van der Waals surface area contributed by atoms with Crippen molar-refractivity contribution >= 4 is 23.1 Å². The Morgan fingerprint density at radius 2 is 1.61 bits per heavy atom. The van der Waals surface area contributed by atoms with Gasteiger partial charge in [0.15, 0.2) is 0 Å². The molecule has 0 aliphatic carbocycles. The lowest BCUT2D eigenvalue weighted by atomic mass is 9.87. The van der Waals surface area contributed by atoms with Crippen LogP contribution in [0.3, 0.4) is 0 Å². The van der Waals surface area contributed by atoms with Gasteiger partial charge < -0.3 is 14.4 Å². The Kier molecular flexibility index (Phi) is 8.31. The predicted molar refractivity (Wildman–Crippen MR) is 122 cm³/mol. The Bertz CT molecular complexity index is 864. The summed E-state index contributed by atoms with van der Waals surface area (Å²) in [5.74, 6) is 1.19. The van der Waals surface area contributed by atoms with Crippen molar-refractivity contribution in [1.82, 2.24) is 4.90 Å². The molecule has 0 spiro atoms. The Morgan fingerprint density at radius 1 is 0.968 bits per heavy atom. The maximum Gasteiger partial charge on any atom is 0.401 e. The zero-order valence-corrected chi connectivity index (χ0v) is 19.3. The van der Waals surface area contributed by atoms with Crippen LogP contribution in [0.5, 0.6) is 11.5 Å². The van der Waals surface area contributed by atoms with Gasteiger partial charge in [0.25, 0.3) is 5.17 Å². The molecule has 0 amide bonds. The first-order chi connectivity index (χ1) is 14.3. The highest BCUT2D eigenvalue weighted by Crippen LogP contribution is 2.26. The second-order valence-electron chi connectivity index (χ2n) is 8.40. The van der Waals surface area contributed by atoms with Crippen molar-refractivity contribution in [1.29, 1.82) is 0 Å².